The number of carbonyl (C=O) groups excluding carboxylic acids is 1. The number of amides is 2. The summed E-state index contributed by atoms with van der Waals surface area (Å²) in [6, 6.07) is 6.74. The lowest BCUT2D eigenvalue weighted by atomic mass is 10.3. The van der Waals surface area contributed by atoms with Gasteiger partial charge in [0.25, 0.3) is 5.56 Å². The van der Waals surface area contributed by atoms with Crippen LogP contribution in [0.25, 0.3) is 0 Å². The van der Waals surface area contributed by atoms with Gasteiger partial charge in [-0.2, -0.15) is 0 Å². The van der Waals surface area contributed by atoms with Crippen LogP contribution in [0.15, 0.2) is 41.5 Å². The number of anilines is 1. The zero-order valence-electron chi connectivity index (χ0n) is 12.5. The lowest BCUT2D eigenvalue weighted by Crippen LogP contribution is -2.33. The van der Waals surface area contributed by atoms with E-state index in [9.17, 15) is 14.0 Å². The number of aromatic nitrogens is 2. The second-order valence-electron chi connectivity index (χ2n) is 5.51. The molecule has 3 rings (SSSR count). The van der Waals surface area contributed by atoms with Crippen molar-refractivity contribution in [2.75, 3.05) is 11.9 Å². The van der Waals surface area contributed by atoms with Gasteiger partial charge in [0.1, 0.15) is 5.82 Å². The van der Waals surface area contributed by atoms with Crippen LogP contribution in [0.3, 0.4) is 0 Å². The van der Waals surface area contributed by atoms with Crippen molar-refractivity contribution in [2.24, 2.45) is 0 Å². The van der Waals surface area contributed by atoms with Crippen LogP contribution < -0.4 is 16.2 Å². The molecule has 1 fully saturated rings. The van der Waals surface area contributed by atoms with E-state index in [4.69, 9.17) is 0 Å². The zero-order valence-corrected chi connectivity index (χ0v) is 12.5. The molecule has 0 spiro atoms. The predicted octanol–water partition coefficient (Wildman–Crippen LogP) is 2.08. The molecule has 1 aliphatic carbocycles. The molecule has 2 aromatic rings. The summed E-state index contributed by atoms with van der Waals surface area (Å²) in [6.45, 7) is 0.596. The van der Waals surface area contributed by atoms with Crippen molar-refractivity contribution >= 4 is 11.7 Å². The fourth-order valence-electron chi connectivity index (χ4n) is 2.24. The van der Waals surface area contributed by atoms with Crippen molar-refractivity contribution in [3.8, 4) is 0 Å². The second-order valence-corrected chi connectivity index (χ2v) is 5.51. The summed E-state index contributed by atoms with van der Waals surface area (Å²) in [5.41, 5.74) is 1.10. The van der Waals surface area contributed by atoms with Crippen molar-refractivity contribution in [1.82, 2.24) is 14.9 Å². The molecule has 120 valence electrons. The number of halogens is 1. The molecular formula is C16H17FN4O2. The predicted molar refractivity (Wildman–Crippen MR) is 83.9 cm³/mol. The first kappa shape index (κ1) is 15.2. The van der Waals surface area contributed by atoms with Crippen LogP contribution in [-0.2, 0) is 6.54 Å². The summed E-state index contributed by atoms with van der Waals surface area (Å²) in [6.07, 6.45) is 3.71. The maximum Gasteiger partial charge on any atom is 0.319 e. The van der Waals surface area contributed by atoms with Crippen molar-refractivity contribution < 1.29 is 9.18 Å². The normalized spacial score (nSPS) is 13.6. The molecule has 2 N–H and O–H groups in total. The topological polar surface area (TPSA) is 76.0 Å². The molecule has 6 nitrogen and oxygen atoms in total. The number of hydrogen-bond acceptors (Lipinski definition) is 3. The van der Waals surface area contributed by atoms with Crippen LogP contribution in [0.4, 0.5) is 14.9 Å². The fourth-order valence-corrected chi connectivity index (χ4v) is 2.24. The highest BCUT2D eigenvalue weighted by atomic mass is 19.1. The molecule has 0 unspecified atom stereocenters. The lowest BCUT2D eigenvalue weighted by molar-refractivity contribution is 0.251. The molecular weight excluding hydrogens is 299 g/mol. The Morgan fingerprint density at radius 1 is 1.35 bits per heavy atom. The van der Waals surface area contributed by atoms with Gasteiger partial charge in [-0.05, 0) is 31.0 Å². The quantitative estimate of drug-likeness (QED) is 0.887. The SMILES string of the molecule is O=C(NCCn1cnc(C2CC2)cc1=O)Nc1cccc(F)c1. The van der Waals surface area contributed by atoms with Gasteiger partial charge in [0, 0.05) is 30.8 Å². The second kappa shape index (κ2) is 6.60. The van der Waals surface area contributed by atoms with Crippen LogP contribution in [0, 0.1) is 5.82 Å². The molecule has 0 aliphatic heterocycles. The molecule has 7 heteroatoms. The van der Waals surface area contributed by atoms with E-state index in [1.54, 1.807) is 12.1 Å². The van der Waals surface area contributed by atoms with Crippen molar-refractivity contribution in [1.29, 1.82) is 0 Å². The molecule has 1 heterocycles. The third-order valence-corrected chi connectivity index (χ3v) is 3.62. The average molecular weight is 316 g/mol. The van der Waals surface area contributed by atoms with Gasteiger partial charge in [-0.1, -0.05) is 6.07 Å². The molecule has 0 bridgehead atoms. The van der Waals surface area contributed by atoms with E-state index in [2.05, 4.69) is 15.6 Å². The zero-order chi connectivity index (χ0) is 16.2. The monoisotopic (exact) mass is 316 g/mol. The molecule has 1 aromatic carbocycles. The van der Waals surface area contributed by atoms with E-state index < -0.39 is 11.8 Å². The van der Waals surface area contributed by atoms with E-state index in [0.29, 0.717) is 18.2 Å². The van der Waals surface area contributed by atoms with E-state index in [1.807, 2.05) is 0 Å². The summed E-state index contributed by atoms with van der Waals surface area (Å²) in [4.78, 5) is 27.9. The average Bonchev–Trinajstić information content (AvgIpc) is 3.33. The van der Waals surface area contributed by atoms with E-state index in [0.717, 1.165) is 18.5 Å². The third-order valence-electron chi connectivity index (χ3n) is 3.62. The Morgan fingerprint density at radius 3 is 2.87 bits per heavy atom. The summed E-state index contributed by atoms with van der Waals surface area (Å²) in [5, 5.41) is 5.14. The van der Waals surface area contributed by atoms with Gasteiger partial charge in [-0.25, -0.2) is 14.2 Å². The summed E-state index contributed by atoms with van der Waals surface area (Å²) >= 11 is 0. The Bertz CT molecular complexity index is 771. The molecule has 0 radical (unpaired) electrons. The highest BCUT2D eigenvalue weighted by molar-refractivity contribution is 5.89. The number of urea groups is 1. The van der Waals surface area contributed by atoms with E-state index in [-0.39, 0.29) is 12.1 Å². The molecule has 23 heavy (non-hydrogen) atoms. The molecule has 0 saturated heterocycles. The number of rotatable bonds is 5. The Labute approximate surface area is 132 Å². The van der Waals surface area contributed by atoms with Crippen LogP contribution in [0.5, 0.6) is 0 Å². The molecule has 1 saturated carbocycles. The van der Waals surface area contributed by atoms with Crippen LogP contribution >= 0.6 is 0 Å². The Kier molecular flexibility index (Phi) is 4.36. The first-order chi connectivity index (χ1) is 11.1. The Morgan fingerprint density at radius 2 is 2.17 bits per heavy atom. The number of benzene rings is 1. The Hall–Kier alpha value is -2.70. The van der Waals surface area contributed by atoms with Gasteiger partial charge in [0.05, 0.1) is 12.0 Å². The smallest absolute Gasteiger partial charge is 0.319 e. The van der Waals surface area contributed by atoms with E-state index in [1.165, 1.54) is 29.1 Å². The van der Waals surface area contributed by atoms with Gasteiger partial charge in [-0.3, -0.25) is 9.36 Å². The van der Waals surface area contributed by atoms with Gasteiger partial charge in [0.2, 0.25) is 0 Å². The van der Waals surface area contributed by atoms with Crippen molar-refractivity contribution in [3.63, 3.8) is 0 Å². The van der Waals surface area contributed by atoms with Crippen LogP contribution in [-0.4, -0.2) is 22.1 Å². The molecule has 1 aromatic heterocycles. The lowest BCUT2D eigenvalue weighted by Gasteiger charge is -2.09. The number of nitrogens with zero attached hydrogens (tertiary/aromatic N) is 2. The first-order valence-electron chi connectivity index (χ1n) is 7.48. The number of carbonyl (C=O) groups is 1. The number of hydrogen-bond donors (Lipinski definition) is 2. The van der Waals surface area contributed by atoms with E-state index >= 15 is 0 Å². The first-order valence-corrected chi connectivity index (χ1v) is 7.48. The maximum atomic E-state index is 13.0. The standard InChI is InChI=1S/C16H17FN4O2/c17-12-2-1-3-13(8-12)20-16(23)18-6-7-21-10-19-14(9-15(21)22)11-4-5-11/h1-3,8-11H,4-7H2,(H2,18,20,23). The van der Waals surface area contributed by atoms with Gasteiger partial charge in [-0.15, -0.1) is 0 Å². The van der Waals surface area contributed by atoms with Crippen LogP contribution in [0.1, 0.15) is 24.5 Å². The molecule has 2 amide bonds. The summed E-state index contributed by atoms with van der Waals surface area (Å²) in [5.74, 6) is 0.0173. The minimum atomic E-state index is -0.453. The summed E-state index contributed by atoms with van der Waals surface area (Å²) in [7, 11) is 0. The molecule has 1 aliphatic rings. The molecule has 0 atom stereocenters. The Balaban J connectivity index is 1.49. The van der Waals surface area contributed by atoms with Gasteiger partial charge < -0.3 is 10.6 Å². The minimum absolute atomic E-state index is 0.116. The fraction of sp³-hybridized carbons (Fsp3) is 0.312. The van der Waals surface area contributed by atoms with Crippen LogP contribution in [0.2, 0.25) is 0 Å². The van der Waals surface area contributed by atoms with Crippen molar-refractivity contribution in [3.05, 3.63) is 58.5 Å². The van der Waals surface area contributed by atoms with Gasteiger partial charge in [0.15, 0.2) is 0 Å². The largest absolute Gasteiger partial charge is 0.336 e. The highest BCUT2D eigenvalue weighted by Gasteiger charge is 2.25. The number of nitrogens with one attached hydrogen (secondary N) is 2. The summed E-state index contributed by atoms with van der Waals surface area (Å²) < 4.78 is 14.5. The third kappa shape index (κ3) is 4.15. The van der Waals surface area contributed by atoms with Gasteiger partial charge >= 0.3 is 6.03 Å². The highest BCUT2D eigenvalue weighted by Crippen LogP contribution is 2.38. The minimum Gasteiger partial charge on any atom is -0.336 e. The maximum absolute atomic E-state index is 13.0. The van der Waals surface area contributed by atoms with Crippen molar-refractivity contribution in [2.45, 2.75) is 25.3 Å².